The van der Waals surface area contributed by atoms with Crippen LogP contribution in [0.25, 0.3) is 0 Å². The zero-order chi connectivity index (χ0) is 11.5. The van der Waals surface area contributed by atoms with Crippen molar-refractivity contribution in [1.29, 1.82) is 0 Å². The third-order valence-electron chi connectivity index (χ3n) is 3.61. The van der Waals surface area contributed by atoms with E-state index >= 15 is 0 Å². The zero-order valence-corrected chi connectivity index (χ0v) is 11.4. The molecule has 1 aromatic heterocycles. The molecule has 0 amide bonds. The first kappa shape index (κ1) is 14.4. The second-order valence-corrected chi connectivity index (χ2v) is 4.86. The van der Waals surface area contributed by atoms with Crippen LogP contribution >= 0.6 is 12.4 Å². The van der Waals surface area contributed by atoms with Crippen molar-refractivity contribution in [1.82, 2.24) is 9.88 Å². The van der Waals surface area contributed by atoms with Crippen LogP contribution in [0.3, 0.4) is 0 Å². The van der Waals surface area contributed by atoms with Gasteiger partial charge in [-0.1, -0.05) is 6.07 Å². The fourth-order valence-electron chi connectivity index (χ4n) is 2.51. The van der Waals surface area contributed by atoms with Crippen molar-refractivity contribution in [3.63, 3.8) is 0 Å². The zero-order valence-electron chi connectivity index (χ0n) is 10.6. The number of rotatable bonds is 3. The lowest BCUT2D eigenvalue weighted by Gasteiger charge is -2.21. The molecule has 0 spiro atoms. The standard InChI is InChI=1S/C13H21N3.ClH/c1-10-6-12(7-14)8-16(10)9-13-4-3-5-15-11(13)2;/h3-5,10,12H,6-9,14H2,1-2H3;1H. The number of nitrogens with two attached hydrogens (primary N) is 1. The first-order valence-corrected chi connectivity index (χ1v) is 6.05. The number of aromatic nitrogens is 1. The molecule has 17 heavy (non-hydrogen) atoms. The van der Waals surface area contributed by atoms with E-state index in [9.17, 15) is 0 Å². The summed E-state index contributed by atoms with van der Waals surface area (Å²) in [5, 5.41) is 0. The third-order valence-corrected chi connectivity index (χ3v) is 3.61. The molecule has 0 radical (unpaired) electrons. The predicted molar refractivity (Wildman–Crippen MR) is 73.3 cm³/mol. The molecule has 2 unspecified atom stereocenters. The number of likely N-dealkylation sites (tertiary alicyclic amines) is 1. The van der Waals surface area contributed by atoms with E-state index in [2.05, 4.69) is 29.8 Å². The molecule has 3 nitrogen and oxygen atoms in total. The Kier molecular flexibility index (Phi) is 5.37. The van der Waals surface area contributed by atoms with Crippen LogP contribution in [0.5, 0.6) is 0 Å². The van der Waals surface area contributed by atoms with Crippen LogP contribution in [0.1, 0.15) is 24.6 Å². The molecular formula is C13H22ClN3. The summed E-state index contributed by atoms with van der Waals surface area (Å²) in [4.78, 5) is 6.85. The van der Waals surface area contributed by atoms with Gasteiger partial charge in [-0.25, -0.2) is 0 Å². The Bertz CT molecular complexity index is 356. The topological polar surface area (TPSA) is 42.2 Å². The van der Waals surface area contributed by atoms with Crippen LogP contribution < -0.4 is 5.73 Å². The number of hydrogen-bond donors (Lipinski definition) is 1. The minimum atomic E-state index is 0. The summed E-state index contributed by atoms with van der Waals surface area (Å²) in [5.74, 6) is 0.673. The quantitative estimate of drug-likeness (QED) is 0.898. The van der Waals surface area contributed by atoms with Crippen LogP contribution in [-0.4, -0.2) is 29.0 Å². The molecule has 2 rings (SSSR count). The van der Waals surface area contributed by atoms with Crippen molar-refractivity contribution in [3.05, 3.63) is 29.6 Å². The predicted octanol–water partition coefficient (Wildman–Crippen LogP) is 1.98. The van der Waals surface area contributed by atoms with Crippen molar-refractivity contribution in [2.24, 2.45) is 11.7 Å². The summed E-state index contributed by atoms with van der Waals surface area (Å²) in [6, 6.07) is 4.84. The van der Waals surface area contributed by atoms with Crippen molar-refractivity contribution in [2.45, 2.75) is 32.9 Å². The van der Waals surface area contributed by atoms with E-state index in [0.29, 0.717) is 12.0 Å². The van der Waals surface area contributed by atoms with Gasteiger partial charge < -0.3 is 5.73 Å². The molecule has 0 aliphatic carbocycles. The summed E-state index contributed by atoms with van der Waals surface area (Å²) >= 11 is 0. The van der Waals surface area contributed by atoms with Crippen molar-refractivity contribution >= 4 is 12.4 Å². The second-order valence-electron chi connectivity index (χ2n) is 4.86. The highest BCUT2D eigenvalue weighted by atomic mass is 35.5. The number of pyridine rings is 1. The van der Waals surface area contributed by atoms with E-state index in [1.54, 1.807) is 0 Å². The van der Waals surface area contributed by atoms with E-state index in [1.165, 1.54) is 12.0 Å². The van der Waals surface area contributed by atoms with Crippen molar-refractivity contribution in [3.8, 4) is 0 Å². The van der Waals surface area contributed by atoms with E-state index in [1.807, 2.05) is 12.3 Å². The van der Waals surface area contributed by atoms with Crippen molar-refractivity contribution < 1.29 is 0 Å². The van der Waals surface area contributed by atoms with Gasteiger partial charge in [0, 0.05) is 31.0 Å². The Labute approximate surface area is 110 Å². The Balaban J connectivity index is 0.00000144. The fourth-order valence-corrected chi connectivity index (χ4v) is 2.51. The number of nitrogens with zero attached hydrogens (tertiary/aromatic N) is 2. The highest BCUT2D eigenvalue weighted by molar-refractivity contribution is 5.85. The molecule has 1 saturated heterocycles. The molecule has 2 heterocycles. The molecule has 0 saturated carbocycles. The Morgan fingerprint density at radius 3 is 2.88 bits per heavy atom. The van der Waals surface area contributed by atoms with Gasteiger partial charge in [-0.05, 0) is 44.4 Å². The van der Waals surface area contributed by atoms with Gasteiger partial charge in [0.2, 0.25) is 0 Å². The molecule has 1 aliphatic heterocycles. The molecule has 96 valence electrons. The Hall–Kier alpha value is -0.640. The number of hydrogen-bond acceptors (Lipinski definition) is 3. The molecule has 4 heteroatoms. The van der Waals surface area contributed by atoms with Gasteiger partial charge in [-0.15, -0.1) is 12.4 Å². The van der Waals surface area contributed by atoms with E-state index in [0.717, 1.165) is 25.3 Å². The van der Waals surface area contributed by atoms with Gasteiger partial charge in [0.15, 0.2) is 0 Å². The Morgan fingerprint density at radius 2 is 2.29 bits per heavy atom. The van der Waals surface area contributed by atoms with Gasteiger partial charge in [-0.2, -0.15) is 0 Å². The summed E-state index contributed by atoms with van der Waals surface area (Å²) < 4.78 is 0. The fraction of sp³-hybridized carbons (Fsp3) is 0.615. The number of halogens is 1. The maximum Gasteiger partial charge on any atom is 0.0417 e. The first-order chi connectivity index (χ1) is 7.70. The van der Waals surface area contributed by atoms with Gasteiger partial charge in [0.1, 0.15) is 0 Å². The lowest BCUT2D eigenvalue weighted by Crippen LogP contribution is -2.27. The average molecular weight is 256 g/mol. The maximum atomic E-state index is 5.74. The highest BCUT2D eigenvalue weighted by Crippen LogP contribution is 2.24. The van der Waals surface area contributed by atoms with E-state index < -0.39 is 0 Å². The van der Waals surface area contributed by atoms with Crippen LogP contribution in [0.2, 0.25) is 0 Å². The van der Waals surface area contributed by atoms with Crippen LogP contribution in [0.4, 0.5) is 0 Å². The summed E-state index contributed by atoms with van der Waals surface area (Å²) in [7, 11) is 0. The summed E-state index contributed by atoms with van der Waals surface area (Å²) in [5.41, 5.74) is 8.23. The van der Waals surface area contributed by atoms with Gasteiger partial charge >= 0.3 is 0 Å². The molecule has 1 fully saturated rings. The van der Waals surface area contributed by atoms with Crippen molar-refractivity contribution in [2.75, 3.05) is 13.1 Å². The van der Waals surface area contributed by atoms with Gasteiger partial charge in [0.05, 0.1) is 0 Å². The molecule has 0 bridgehead atoms. The lowest BCUT2D eigenvalue weighted by molar-refractivity contribution is 0.255. The molecule has 2 atom stereocenters. The SMILES string of the molecule is Cc1ncccc1CN1CC(CN)CC1C.Cl. The molecular weight excluding hydrogens is 234 g/mol. The lowest BCUT2D eigenvalue weighted by atomic mass is 10.1. The highest BCUT2D eigenvalue weighted by Gasteiger charge is 2.28. The molecule has 0 aromatic carbocycles. The molecule has 2 N–H and O–H groups in total. The van der Waals surface area contributed by atoms with Gasteiger partial charge in [-0.3, -0.25) is 9.88 Å². The average Bonchev–Trinajstić information content (AvgIpc) is 2.63. The molecule has 1 aromatic rings. The number of aryl methyl sites for hydroxylation is 1. The van der Waals surface area contributed by atoms with Gasteiger partial charge in [0.25, 0.3) is 0 Å². The smallest absolute Gasteiger partial charge is 0.0417 e. The van der Waals surface area contributed by atoms with E-state index in [-0.39, 0.29) is 12.4 Å². The Morgan fingerprint density at radius 1 is 1.53 bits per heavy atom. The summed E-state index contributed by atoms with van der Waals surface area (Å²) in [6.07, 6.45) is 3.09. The maximum absolute atomic E-state index is 5.74. The first-order valence-electron chi connectivity index (χ1n) is 6.05. The summed E-state index contributed by atoms with van der Waals surface area (Å²) in [6.45, 7) is 7.33. The van der Waals surface area contributed by atoms with Crippen LogP contribution in [0.15, 0.2) is 18.3 Å². The molecule has 1 aliphatic rings. The van der Waals surface area contributed by atoms with Crippen LogP contribution in [0, 0.1) is 12.8 Å². The minimum absolute atomic E-state index is 0. The minimum Gasteiger partial charge on any atom is -0.330 e. The third kappa shape index (κ3) is 3.41. The van der Waals surface area contributed by atoms with Crippen LogP contribution in [-0.2, 0) is 6.54 Å². The second kappa shape index (κ2) is 6.34. The largest absolute Gasteiger partial charge is 0.330 e. The van der Waals surface area contributed by atoms with E-state index in [4.69, 9.17) is 5.73 Å². The monoisotopic (exact) mass is 255 g/mol. The normalized spacial score (nSPS) is 24.6.